The SMILES string of the molecule is COC(=O)c1ccc(-c2ccc(C[C@@H]3NC(=O)[C@@H](Cc4cccs4)NC(=O)[C@H](O)[C@@H](O)C(=O)Nc4ccc(cc4)C[C@@H](C(=O)O)CC(=O)[C@@H](Cc4ccccc4)NC3=O)cc2)cc1. The van der Waals surface area contributed by atoms with Crippen LogP contribution in [0.3, 0.4) is 0 Å². The lowest BCUT2D eigenvalue weighted by atomic mass is 9.90. The van der Waals surface area contributed by atoms with Crippen LogP contribution in [0.2, 0.25) is 0 Å². The van der Waals surface area contributed by atoms with Crippen molar-refractivity contribution < 1.29 is 53.6 Å². The van der Waals surface area contributed by atoms with Crippen molar-refractivity contribution in [3.8, 4) is 11.1 Å². The van der Waals surface area contributed by atoms with E-state index in [1.54, 1.807) is 96.4 Å². The van der Waals surface area contributed by atoms with E-state index >= 15 is 0 Å². The summed E-state index contributed by atoms with van der Waals surface area (Å²) in [6.07, 6.45) is -5.32. The summed E-state index contributed by atoms with van der Waals surface area (Å²) in [5.74, 6) is -7.49. The zero-order valence-corrected chi connectivity index (χ0v) is 34.9. The van der Waals surface area contributed by atoms with Gasteiger partial charge in [0.2, 0.25) is 11.8 Å². The average molecular weight is 875 g/mol. The van der Waals surface area contributed by atoms with E-state index in [1.165, 1.54) is 42.7 Å². The molecule has 326 valence electrons. The summed E-state index contributed by atoms with van der Waals surface area (Å²) in [7, 11) is 1.29. The highest BCUT2D eigenvalue weighted by atomic mass is 32.1. The molecule has 7 N–H and O–H groups in total. The van der Waals surface area contributed by atoms with Gasteiger partial charge in [0.25, 0.3) is 11.8 Å². The molecule has 5 aromatic rings. The largest absolute Gasteiger partial charge is 0.481 e. The molecule has 0 fully saturated rings. The molecule has 4 aromatic carbocycles. The van der Waals surface area contributed by atoms with Crippen molar-refractivity contribution >= 4 is 58.4 Å². The molecule has 0 saturated heterocycles. The number of aliphatic carboxylic acids is 1. The summed E-state index contributed by atoms with van der Waals surface area (Å²) in [5.41, 5.74) is 3.88. The fourth-order valence-electron chi connectivity index (χ4n) is 7.07. The Morgan fingerprint density at radius 3 is 1.78 bits per heavy atom. The molecule has 7 rings (SSSR count). The summed E-state index contributed by atoms with van der Waals surface area (Å²) in [4.78, 5) is 94.5. The molecule has 0 aliphatic carbocycles. The van der Waals surface area contributed by atoms with Crippen LogP contribution in [0, 0.1) is 5.92 Å². The lowest BCUT2D eigenvalue weighted by molar-refractivity contribution is -0.145. The van der Waals surface area contributed by atoms with Gasteiger partial charge in [-0.2, -0.15) is 0 Å². The van der Waals surface area contributed by atoms with Gasteiger partial charge in [-0.25, -0.2) is 4.79 Å². The van der Waals surface area contributed by atoms with Crippen LogP contribution in [0.5, 0.6) is 0 Å². The molecule has 2 bridgehead atoms. The van der Waals surface area contributed by atoms with Crippen molar-refractivity contribution in [2.24, 2.45) is 5.92 Å². The number of nitrogens with one attached hydrogen (secondary N) is 4. The Bertz CT molecular complexity index is 2410. The Hall–Kier alpha value is -7.01. The number of rotatable bonds is 9. The third-order valence-electron chi connectivity index (χ3n) is 10.6. The number of carbonyl (C=O) groups is 7. The maximum atomic E-state index is 14.5. The minimum Gasteiger partial charge on any atom is -0.481 e. The number of Topliss-reactive ketones (excluding diaryl/α,β-unsaturated/α-hetero) is 1. The predicted octanol–water partition coefficient (Wildman–Crippen LogP) is 3.26. The number of ether oxygens (including phenoxy) is 1. The second-order valence-corrected chi connectivity index (χ2v) is 16.1. The number of hydrogen-bond acceptors (Lipinski definition) is 11. The van der Waals surface area contributed by atoms with E-state index in [0.717, 1.165) is 11.1 Å². The molecule has 1 aromatic heterocycles. The van der Waals surface area contributed by atoms with Crippen LogP contribution in [0.4, 0.5) is 5.69 Å². The number of benzene rings is 4. The number of thiophene rings is 1. The van der Waals surface area contributed by atoms with Crippen molar-refractivity contribution in [3.05, 3.63) is 148 Å². The fourth-order valence-corrected chi connectivity index (χ4v) is 7.83. The van der Waals surface area contributed by atoms with Gasteiger partial charge in [-0.15, -0.1) is 11.3 Å². The van der Waals surface area contributed by atoms with E-state index in [9.17, 15) is 48.9 Å². The molecule has 6 atom stereocenters. The molecule has 2 aliphatic rings. The molecule has 63 heavy (non-hydrogen) atoms. The van der Waals surface area contributed by atoms with Crippen LogP contribution >= 0.6 is 11.3 Å². The molecule has 0 unspecified atom stereocenters. The number of amides is 4. The highest BCUT2D eigenvalue weighted by Crippen LogP contribution is 2.23. The Morgan fingerprint density at radius 2 is 1.17 bits per heavy atom. The minimum absolute atomic E-state index is 0.00749. The first-order chi connectivity index (χ1) is 30.3. The quantitative estimate of drug-likeness (QED) is 0.0839. The van der Waals surface area contributed by atoms with Crippen LogP contribution < -0.4 is 21.3 Å². The van der Waals surface area contributed by atoms with Crippen LogP contribution in [-0.4, -0.2) is 94.1 Å². The molecular formula is C47H46N4O11S. The Morgan fingerprint density at radius 1 is 0.619 bits per heavy atom. The maximum Gasteiger partial charge on any atom is 0.337 e. The van der Waals surface area contributed by atoms with E-state index in [2.05, 4.69) is 21.3 Å². The van der Waals surface area contributed by atoms with Gasteiger partial charge >= 0.3 is 11.9 Å². The number of anilines is 1. The highest BCUT2D eigenvalue weighted by molar-refractivity contribution is 7.09. The van der Waals surface area contributed by atoms with E-state index < -0.39 is 84.0 Å². The number of hydrogen-bond donors (Lipinski definition) is 7. The van der Waals surface area contributed by atoms with Gasteiger partial charge in [0.05, 0.1) is 24.6 Å². The first-order valence-electron chi connectivity index (χ1n) is 20.0. The van der Waals surface area contributed by atoms with Crippen molar-refractivity contribution in [3.63, 3.8) is 0 Å². The number of ketones is 1. The molecule has 3 heterocycles. The number of carboxylic acids is 1. The summed E-state index contributed by atoms with van der Waals surface area (Å²) >= 11 is 1.28. The van der Waals surface area contributed by atoms with Crippen molar-refractivity contribution in [2.45, 2.75) is 62.4 Å². The number of aliphatic hydroxyl groups is 2. The third kappa shape index (κ3) is 12.3. The van der Waals surface area contributed by atoms with Crippen LogP contribution in [0.25, 0.3) is 11.1 Å². The van der Waals surface area contributed by atoms with Crippen LogP contribution in [0.15, 0.2) is 121 Å². The van der Waals surface area contributed by atoms with E-state index in [1.807, 2.05) is 0 Å². The molecule has 16 heteroatoms. The number of fused-ring (bicyclic) bond motifs is 18. The van der Waals surface area contributed by atoms with Gasteiger partial charge in [-0.1, -0.05) is 84.9 Å². The van der Waals surface area contributed by atoms with E-state index in [-0.39, 0.29) is 31.4 Å². The number of aliphatic hydroxyl groups excluding tert-OH is 2. The molecular weight excluding hydrogens is 829 g/mol. The van der Waals surface area contributed by atoms with Gasteiger partial charge in [-0.05, 0) is 76.4 Å². The van der Waals surface area contributed by atoms with E-state index in [4.69, 9.17) is 4.74 Å². The zero-order valence-electron chi connectivity index (χ0n) is 34.1. The van der Waals surface area contributed by atoms with Crippen molar-refractivity contribution in [2.75, 3.05) is 12.4 Å². The molecule has 2 aliphatic heterocycles. The number of methoxy groups -OCH3 is 1. The minimum atomic E-state index is -2.31. The Balaban J connectivity index is 1.36. The smallest absolute Gasteiger partial charge is 0.337 e. The van der Waals surface area contributed by atoms with Gasteiger partial charge in [-0.3, -0.25) is 28.8 Å². The Kier molecular flexibility index (Phi) is 15.3. The number of carboxylic acid groups (broad SMARTS) is 1. The molecule has 0 spiro atoms. The van der Waals surface area contributed by atoms with Gasteiger partial charge in [0.15, 0.2) is 18.0 Å². The summed E-state index contributed by atoms with van der Waals surface area (Å²) < 4.78 is 4.79. The highest BCUT2D eigenvalue weighted by Gasteiger charge is 2.36. The molecule has 0 radical (unpaired) electrons. The number of carbonyl (C=O) groups excluding carboxylic acids is 6. The first-order valence-corrected chi connectivity index (χ1v) is 20.9. The normalized spacial score (nSPS) is 21.5. The summed E-state index contributed by atoms with van der Waals surface area (Å²) in [6, 6.07) is 28.0. The monoisotopic (exact) mass is 874 g/mol. The number of esters is 1. The van der Waals surface area contributed by atoms with Crippen LogP contribution in [0.1, 0.15) is 38.3 Å². The lowest BCUT2D eigenvalue weighted by Gasteiger charge is -2.26. The average Bonchev–Trinajstić information content (AvgIpc) is 3.81. The topological polar surface area (TPSA) is 238 Å². The first kappa shape index (κ1) is 45.5. The summed E-state index contributed by atoms with van der Waals surface area (Å²) in [5, 5.41) is 43.9. The fraction of sp³-hybridized carbons (Fsp3) is 0.255. The van der Waals surface area contributed by atoms with Crippen molar-refractivity contribution in [1.29, 1.82) is 0 Å². The molecule has 15 nitrogen and oxygen atoms in total. The Labute approximate surface area is 366 Å². The van der Waals surface area contributed by atoms with Gasteiger partial charge in [0, 0.05) is 29.8 Å². The lowest BCUT2D eigenvalue weighted by Crippen LogP contribution is -2.58. The third-order valence-corrected chi connectivity index (χ3v) is 11.5. The maximum absolute atomic E-state index is 14.5. The second-order valence-electron chi connectivity index (χ2n) is 15.1. The molecule has 0 saturated carbocycles. The van der Waals surface area contributed by atoms with Crippen molar-refractivity contribution in [1.82, 2.24) is 16.0 Å². The molecule has 4 amide bonds. The van der Waals surface area contributed by atoms with Gasteiger partial charge in [0.1, 0.15) is 12.1 Å². The zero-order chi connectivity index (χ0) is 45.0. The summed E-state index contributed by atoms with van der Waals surface area (Å²) in [6.45, 7) is 0. The van der Waals surface area contributed by atoms with Crippen LogP contribution in [-0.2, 0) is 59.2 Å². The van der Waals surface area contributed by atoms with Gasteiger partial charge < -0.3 is 41.3 Å². The second kappa shape index (κ2) is 21.2. The standard InChI is InChI=1S/C47H46N4O11S/c1-62-47(61)32-17-15-31(16-18-32)30-13-9-29(10-14-30)24-37-42(55)49-36(23-27-6-3-2-4-7-27)39(52)25-33(46(59)60)22-28-11-19-34(20-12-28)48-44(57)40(53)41(54)45(58)51-38(43(56)50-37)26-35-8-5-21-63-35/h2-21,33,36-38,40-41,53-54H,22-26H2,1H3,(H,48,57)(H,49,55)(H,50,56)(H,51,58)(H,59,60)/t33-,36-,37+,38-,40-,41-/m1/s1. The van der Waals surface area contributed by atoms with E-state index in [0.29, 0.717) is 27.1 Å². The predicted molar refractivity (Wildman–Crippen MR) is 232 cm³/mol.